The lowest BCUT2D eigenvalue weighted by Crippen LogP contribution is -3.00. The number of hydrogen-bond acceptors (Lipinski definition) is 0. The molecule has 0 radical (unpaired) electrons. The SMILES string of the molecule is C=C.C=C.C=C.[F-].[F-].[F-]. The second-order valence-electron chi connectivity index (χ2n) is 0. The van der Waals surface area contributed by atoms with Gasteiger partial charge in [-0.25, -0.2) is 0 Å². The van der Waals surface area contributed by atoms with E-state index in [4.69, 9.17) is 0 Å². The van der Waals surface area contributed by atoms with E-state index in [1.54, 1.807) is 0 Å². The predicted molar refractivity (Wildman–Crippen MR) is 33.8 cm³/mol. The van der Waals surface area contributed by atoms with E-state index in [2.05, 4.69) is 39.5 Å². The van der Waals surface area contributed by atoms with Crippen LogP contribution in [0.3, 0.4) is 0 Å². The third-order valence-electron chi connectivity index (χ3n) is 0. The molecule has 0 atom stereocenters. The molecule has 0 saturated heterocycles. The predicted octanol–water partition coefficient (Wildman–Crippen LogP) is -6.58. The zero-order valence-corrected chi connectivity index (χ0v) is 5.38. The van der Waals surface area contributed by atoms with Gasteiger partial charge in [0.25, 0.3) is 0 Å². The Morgan fingerprint density at radius 3 is 0.333 bits per heavy atom. The molecule has 0 unspecified atom stereocenters. The minimum Gasteiger partial charge on any atom is -1.00 e. The van der Waals surface area contributed by atoms with Crippen molar-refractivity contribution in [1.29, 1.82) is 0 Å². The number of rotatable bonds is 0. The summed E-state index contributed by atoms with van der Waals surface area (Å²) in [5.41, 5.74) is 0. The van der Waals surface area contributed by atoms with Gasteiger partial charge < -0.3 is 14.1 Å². The standard InChI is InChI=1S/3C2H4.3FH/c3*1-2;;;/h3*1-2H2;3*1H/p-3. The molecule has 0 aromatic carbocycles. The average Bonchev–Trinajstić information content (AvgIpc) is 1.81. The van der Waals surface area contributed by atoms with Gasteiger partial charge in [-0.2, -0.15) is 0 Å². The van der Waals surface area contributed by atoms with Crippen molar-refractivity contribution in [2.75, 3.05) is 0 Å². The Bertz CT molecular complexity index is 13.0. The van der Waals surface area contributed by atoms with Gasteiger partial charge >= 0.3 is 0 Å². The Balaban J connectivity index is -0.00000000321. The van der Waals surface area contributed by atoms with Gasteiger partial charge in [0.05, 0.1) is 0 Å². The van der Waals surface area contributed by atoms with Crippen LogP contribution in [0.2, 0.25) is 0 Å². The monoisotopic (exact) mass is 141 g/mol. The summed E-state index contributed by atoms with van der Waals surface area (Å²) >= 11 is 0. The Labute approximate surface area is 54.7 Å². The lowest BCUT2D eigenvalue weighted by molar-refractivity contribution is -0.00100. The quantitative estimate of drug-likeness (QED) is 0.294. The van der Waals surface area contributed by atoms with E-state index in [-0.39, 0.29) is 14.1 Å². The summed E-state index contributed by atoms with van der Waals surface area (Å²) in [6, 6.07) is 0. The van der Waals surface area contributed by atoms with Crippen LogP contribution >= 0.6 is 0 Å². The van der Waals surface area contributed by atoms with Gasteiger partial charge in [-0.05, 0) is 0 Å². The molecule has 0 bridgehead atoms. The molecular formula is C6H12F3-3. The van der Waals surface area contributed by atoms with Crippen LogP contribution in [-0.2, 0) is 0 Å². The van der Waals surface area contributed by atoms with E-state index in [1.807, 2.05) is 0 Å². The lowest BCUT2D eigenvalue weighted by atomic mass is 11.3. The zero-order chi connectivity index (χ0) is 6.00. The highest BCUT2D eigenvalue weighted by Gasteiger charge is 0.605. The molecule has 0 spiro atoms. The van der Waals surface area contributed by atoms with Crippen molar-refractivity contribution in [2.45, 2.75) is 0 Å². The lowest BCUT2D eigenvalue weighted by Gasteiger charge is -1.00. The highest BCUT2D eigenvalue weighted by atomic mass is 19.0. The first-order valence-corrected chi connectivity index (χ1v) is 1.50. The average molecular weight is 141 g/mol. The van der Waals surface area contributed by atoms with Crippen molar-refractivity contribution in [3.8, 4) is 0 Å². The summed E-state index contributed by atoms with van der Waals surface area (Å²) in [4.78, 5) is 0. The van der Waals surface area contributed by atoms with Gasteiger partial charge in [0.2, 0.25) is 0 Å². The van der Waals surface area contributed by atoms with Crippen LogP contribution in [0.4, 0.5) is 0 Å². The van der Waals surface area contributed by atoms with Crippen LogP contribution in [0.5, 0.6) is 0 Å². The molecule has 9 heavy (non-hydrogen) atoms. The van der Waals surface area contributed by atoms with Crippen molar-refractivity contribution >= 4 is 0 Å². The molecule has 0 fully saturated rings. The molecular weight excluding hydrogens is 129 g/mol. The van der Waals surface area contributed by atoms with Crippen LogP contribution in [0, 0.1) is 0 Å². The zero-order valence-electron chi connectivity index (χ0n) is 5.38. The normalized spacial score (nSPS) is 1.33. The smallest absolute Gasteiger partial charge is 0.106 e. The Hall–Kier alpha value is -0.990. The highest BCUT2D eigenvalue weighted by Crippen LogP contribution is 0.866. The molecule has 0 aliphatic heterocycles. The third kappa shape index (κ3) is 180. The minimum absolute atomic E-state index is 0. The summed E-state index contributed by atoms with van der Waals surface area (Å²) in [7, 11) is 0. The van der Waals surface area contributed by atoms with E-state index in [9.17, 15) is 0 Å². The Kier molecular flexibility index (Phi) is 2800. The van der Waals surface area contributed by atoms with Crippen LogP contribution in [-0.4, -0.2) is 0 Å². The summed E-state index contributed by atoms with van der Waals surface area (Å²) in [6.07, 6.45) is 0. The molecule has 0 heterocycles. The molecule has 0 nitrogen and oxygen atoms in total. The fourth-order valence-corrected chi connectivity index (χ4v) is 0. The highest BCUT2D eigenvalue weighted by molar-refractivity contribution is 4.22. The van der Waals surface area contributed by atoms with Gasteiger partial charge in [0, 0.05) is 0 Å². The van der Waals surface area contributed by atoms with Crippen LogP contribution in [0.25, 0.3) is 0 Å². The van der Waals surface area contributed by atoms with Gasteiger partial charge in [0.1, 0.15) is 0 Å². The molecule has 3 heteroatoms. The maximum Gasteiger partial charge on any atom is -0.106 e. The molecule has 0 aromatic rings. The summed E-state index contributed by atoms with van der Waals surface area (Å²) in [5.74, 6) is 0. The van der Waals surface area contributed by atoms with E-state index in [1.165, 1.54) is 0 Å². The molecule has 0 aliphatic rings. The topological polar surface area (TPSA) is 0 Å². The molecule has 60 valence electrons. The number of hydrogen-bond donors (Lipinski definition) is 0. The van der Waals surface area contributed by atoms with Crippen molar-refractivity contribution in [2.24, 2.45) is 0 Å². The van der Waals surface area contributed by atoms with Gasteiger partial charge in [-0.1, -0.05) is 0 Å². The van der Waals surface area contributed by atoms with Gasteiger partial charge in [-0.3, -0.25) is 0 Å². The molecule has 0 amide bonds. The molecule has 0 rings (SSSR count). The first-order chi connectivity index (χ1) is 3.00. The first kappa shape index (κ1) is 97.4. The molecule has 0 aliphatic carbocycles. The summed E-state index contributed by atoms with van der Waals surface area (Å²) < 4.78 is 0. The largest absolute Gasteiger partial charge is 1.00 e. The number of halogens is 3. The van der Waals surface area contributed by atoms with E-state index in [0.717, 1.165) is 0 Å². The summed E-state index contributed by atoms with van der Waals surface area (Å²) in [6.45, 7) is 18.0. The fraction of sp³-hybridized carbons (Fsp3) is 0. The molecule has 0 saturated carbocycles. The second-order valence-corrected chi connectivity index (χ2v) is 0. The van der Waals surface area contributed by atoms with Crippen molar-refractivity contribution in [3.63, 3.8) is 0 Å². The van der Waals surface area contributed by atoms with Gasteiger partial charge in [0.15, 0.2) is 0 Å². The molecule has 0 N–H and O–H groups in total. The van der Waals surface area contributed by atoms with Crippen molar-refractivity contribution < 1.29 is 14.1 Å². The van der Waals surface area contributed by atoms with E-state index >= 15 is 0 Å². The van der Waals surface area contributed by atoms with E-state index < -0.39 is 0 Å². The Morgan fingerprint density at radius 1 is 0.333 bits per heavy atom. The maximum atomic E-state index is 3.00. The van der Waals surface area contributed by atoms with Crippen molar-refractivity contribution in [1.82, 2.24) is 0 Å². The minimum atomic E-state index is 0. The van der Waals surface area contributed by atoms with Crippen LogP contribution in [0.15, 0.2) is 39.5 Å². The first-order valence-electron chi connectivity index (χ1n) is 1.50. The fourth-order valence-electron chi connectivity index (χ4n) is 0. The Morgan fingerprint density at radius 2 is 0.333 bits per heavy atom. The van der Waals surface area contributed by atoms with Gasteiger partial charge in [-0.15, -0.1) is 39.5 Å². The molecule has 0 aromatic heterocycles. The maximum absolute atomic E-state index is 3.00. The third-order valence-corrected chi connectivity index (χ3v) is 0. The summed E-state index contributed by atoms with van der Waals surface area (Å²) in [5, 5.41) is 0. The second kappa shape index (κ2) is 258. The van der Waals surface area contributed by atoms with Crippen molar-refractivity contribution in [3.05, 3.63) is 39.5 Å². The van der Waals surface area contributed by atoms with Crippen LogP contribution in [0.1, 0.15) is 0 Å². The van der Waals surface area contributed by atoms with E-state index in [0.29, 0.717) is 0 Å². The van der Waals surface area contributed by atoms with Crippen LogP contribution < -0.4 is 14.1 Å².